The SMILES string of the molecule is CCCCN(C)CCCCNC(=O)c1cccnc1. The van der Waals surface area contributed by atoms with Crippen molar-refractivity contribution in [3.8, 4) is 0 Å². The van der Waals surface area contributed by atoms with Gasteiger partial charge in [-0.25, -0.2) is 0 Å². The van der Waals surface area contributed by atoms with Crippen LogP contribution >= 0.6 is 0 Å². The summed E-state index contributed by atoms with van der Waals surface area (Å²) in [5, 5.41) is 2.92. The molecule has 0 unspecified atom stereocenters. The normalized spacial score (nSPS) is 10.7. The van der Waals surface area contributed by atoms with E-state index in [1.165, 1.54) is 19.4 Å². The lowest BCUT2D eigenvalue weighted by Crippen LogP contribution is -2.26. The fourth-order valence-electron chi connectivity index (χ4n) is 1.85. The van der Waals surface area contributed by atoms with Gasteiger partial charge in [0, 0.05) is 18.9 Å². The summed E-state index contributed by atoms with van der Waals surface area (Å²) in [6, 6.07) is 3.55. The lowest BCUT2D eigenvalue weighted by Gasteiger charge is -2.15. The minimum Gasteiger partial charge on any atom is -0.352 e. The highest BCUT2D eigenvalue weighted by Crippen LogP contribution is 1.97. The Labute approximate surface area is 116 Å². The van der Waals surface area contributed by atoms with Crippen LogP contribution in [0.1, 0.15) is 43.0 Å². The molecule has 1 amide bonds. The molecule has 0 aromatic carbocycles. The Bertz CT molecular complexity index is 354. The zero-order valence-corrected chi connectivity index (χ0v) is 12.1. The summed E-state index contributed by atoms with van der Waals surface area (Å²) >= 11 is 0. The zero-order chi connectivity index (χ0) is 13.9. The van der Waals surface area contributed by atoms with Gasteiger partial charge in [-0.2, -0.15) is 0 Å². The molecule has 0 saturated heterocycles. The summed E-state index contributed by atoms with van der Waals surface area (Å²) < 4.78 is 0. The summed E-state index contributed by atoms with van der Waals surface area (Å²) in [5.41, 5.74) is 0.627. The second kappa shape index (κ2) is 9.50. The van der Waals surface area contributed by atoms with E-state index in [1.54, 1.807) is 24.5 Å². The molecule has 1 N–H and O–H groups in total. The summed E-state index contributed by atoms with van der Waals surface area (Å²) in [6.45, 7) is 5.21. The molecule has 1 rings (SSSR count). The molecule has 0 bridgehead atoms. The topological polar surface area (TPSA) is 45.2 Å². The molecule has 106 valence electrons. The highest BCUT2D eigenvalue weighted by atomic mass is 16.1. The molecule has 0 aliphatic heterocycles. The first-order valence-corrected chi connectivity index (χ1v) is 7.10. The van der Waals surface area contributed by atoms with E-state index in [4.69, 9.17) is 0 Å². The van der Waals surface area contributed by atoms with E-state index in [2.05, 4.69) is 29.2 Å². The van der Waals surface area contributed by atoms with Gasteiger partial charge in [0.2, 0.25) is 0 Å². The third kappa shape index (κ3) is 6.91. The van der Waals surface area contributed by atoms with Crippen LogP contribution < -0.4 is 5.32 Å². The van der Waals surface area contributed by atoms with Gasteiger partial charge in [0.15, 0.2) is 0 Å². The first-order valence-electron chi connectivity index (χ1n) is 7.10. The summed E-state index contributed by atoms with van der Waals surface area (Å²) in [4.78, 5) is 18.0. The van der Waals surface area contributed by atoms with Gasteiger partial charge in [-0.15, -0.1) is 0 Å². The van der Waals surface area contributed by atoms with E-state index in [1.807, 2.05) is 0 Å². The second-order valence-corrected chi connectivity index (χ2v) is 4.86. The third-order valence-electron chi connectivity index (χ3n) is 3.07. The van der Waals surface area contributed by atoms with Gasteiger partial charge in [-0.1, -0.05) is 13.3 Å². The van der Waals surface area contributed by atoms with Crippen LogP contribution in [0.3, 0.4) is 0 Å². The number of hydrogen-bond acceptors (Lipinski definition) is 3. The molecular weight excluding hydrogens is 238 g/mol. The summed E-state index contributed by atoms with van der Waals surface area (Å²) in [6.07, 6.45) is 7.90. The molecule has 1 heterocycles. The van der Waals surface area contributed by atoms with Crippen molar-refractivity contribution in [2.75, 3.05) is 26.7 Å². The Hall–Kier alpha value is -1.42. The van der Waals surface area contributed by atoms with E-state index in [-0.39, 0.29) is 5.91 Å². The van der Waals surface area contributed by atoms with Crippen LogP contribution in [0.4, 0.5) is 0 Å². The number of nitrogens with one attached hydrogen (secondary N) is 1. The minimum atomic E-state index is -0.0348. The highest BCUT2D eigenvalue weighted by molar-refractivity contribution is 5.93. The molecule has 4 nitrogen and oxygen atoms in total. The van der Waals surface area contributed by atoms with Crippen molar-refractivity contribution >= 4 is 5.91 Å². The van der Waals surface area contributed by atoms with Crippen LogP contribution in [0.2, 0.25) is 0 Å². The predicted molar refractivity (Wildman–Crippen MR) is 78.2 cm³/mol. The van der Waals surface area contributed by atoms with Crippen molar-refractivity contribution in [1.29, 1.82) is 0 Å². The Morgan fingerprint density at radius 1 is 1.32 bits per heavy atom. The molecule has 0 spiro atoms. The molecule has 4 heteroatoms. The maximum absolute atomic E-state index is 11.7. The quantitative estimate of drug-likeness (QED) is 0.695. The number of aromatic nitrogens is 1. The van der Waals surface area contributed by atoms with Gasteiger partial charge in [0.1, 0.15) is 0 Å². The first kappa shape index (κ1) is 15.6. The molecule has 0 radical (unpaired) electrons. The Morgan fingerprint density at radius 3 is 2.79 bits per heavy atom. The maximum Gasteiger partial charge on any atom is 0.252 e. The Morgan fingerprint density at radius 2 is 2.11 bits per heavy atom. The molecule has 0 atom stereocenters. The monoisotopic (exact) mass is 263 g/mol. The zero-order valence-electron chi connectivity index (χ0n) is 12.1. The standard InChI is InChI=1S/C15H25N3O/c1-3-4-11-18(2)12-6-5-10-17-15(19)14-8-7-9-16-13-14/h7-9,13H,3-6,10-12H2,1-2H3,(H,17,19). The lowest BCUT2D eigenvalue weighted by molar-refractivity contribution is 0.0952. The van der Waals surface area contributed by atoms with E-state index in [0.717, 1.165) is 25.9 Å². The van der Waals surface area contributed by atoms with Gasteiger partial charge in [-0.3, -0.25) is 9.78 Å². The molecular formula is C15H25N3O. The van der Waals surface area contributed by atoms with Crippen molar-refractivity contribution in [3.63, 3.8) is 0 Å². The van der Waals surface area contributed by atoms with Crippen LogP contribution in [0.5, 0.6) is 0 Å². The van der Waals surface area contributed by atoms with Crippen LogP contribution in [0, 0.1) is 0 Å². The maximum atomic E-state index is 11.7. The van der Waals surface area contributed by atoms with E-state index in [0.29, 0.717) is 5.56 Å². The first-order chi connectivity index (χ1) is 9.24. The van der Waals surface area contributed by atoms with Gasteiger partial charge < -0.3 is 10.2 Å². The van der Waals surface area contributed by atoms with Crippen molar-refractivity contribution in [2.24, 2.45) is 0 Å². The van der Waals surface area contributed by atoms with E-state index < -0.39 is 0 Å². The molecule has 19 heavy (non-hydrogen) atoms. The highest BCUT2D eigenvalue weighted by Gasteiger charge is 2.03. The molecule has 0 saturated carbocycles. The van der Waals surface area contributed by atoms with Crippen LogP contribution in [0.25, 0.3) is 0 Å². The molecule has 0 aliphatic carbocycles. The molecule has 0 aliphatic rings. The lowest BCUT2D eigenvalue weighted by atomic mass is 10.2. The van der Waals surface area contributed by atoms with Crippen molar-refractivity contribution < 1.29 is 4.79 Å². The van der Waals surface area contributed by atoms with Gasteiger partial charge in [-0.05, 0) is 51.5 Å². The fourth-order valence-corrected chi connectivity index (χ4v) is 1.85. The molecule has 1 aromatic rings. The van der Waals surface area contributed by atoms with Crippen molar-refractivity contribution in [3.05, 3.63) is 30.1 Å². The number of hydrogen-bond donors (Lipinski definition) is 1. The summed E-state index contributed by atoms with van der Waals surface area (Å²) in [5.74, 6) is -0.0348. The number of unbranched alkanes of at least 4 members (excludes halogenated alkanes) is 2. The van der Waals surface area contributed by atoms with Crippen LogP contribution in [0.15, 0.2) is 24.5 Å². The molecule has 0 fully saturated rings. The number of amides is 1. The number of pyridine rings is 1. The van der Waals surface area contributed by atoms with Gasteiger partial charge in [0.25, 0.3) is 5.91 Å². The van der Waals surface area contributed by atoms with Crippen molar-refractivity contribution in [1.82, 2.24) is 15.2 Å². The predicted octanol–water partition coefficient (Wildman–Crippen LogP) is 2.32. The van der Waals surface area contributed by atoms with Crippen LogP contribution in [-0.2, 0) is 0 Å². The van der Waals surface area contributed by atoms with Crippen LogP contribution in [-0.4, -0.2) is 42.5 Å². The smallest absolute Gasteiger partial charge is 0.252 e. The summed E-state index contributed by atoms with van der Waals surface area (Å²) in [7, 11) is 2.16. The minimum absolute atomic E-state index is 0.0348. The van der Waals surface area contributed by atoms with Gasteiger partial charge in [0.05, 0.1) is 5.56 Å². The second-order valence-electron chi connectivity index (χ2n) is 4.86. The number of carbonyl (C=O) groups excluding carboxylic acids is 1. The van der Waals surface area contributed by atoms with E-state index in [9.17, 15) is 4.79 Å². The Kier molecular flexibility index (Phi) is 7.82. The number of carbonyl (C=O) groups is 1. The van der Waals surface area contributed by atoms with E-state index >= 15 is 0 Å². The van der Waals surface area contributed by atoms with Gasteiger partial charge >= 0.3 is 0 Å². The third-order valence-corrected chi connectivity index (χ3v) is 3.07. The average molecular weight is 263 g/mol. The fraction of sp³-hybridized carbons (Fsp3) is 0.600. The Balaban J connectivity index is 2.06. The largest absolute Gasteiger partial charge is 0.352 e. The molecule has 1 aromatic heterocycles. The number of rotatable bonds is 9. The number of nitrogens with zero attached hydrogens (tertiary/aromatic N) is 2. The van der Waals surface area contributed by atoms with Crippen molar-refractivity contribution in [2.45, 2.75) is 32.6 Å². The average Bonchev–Trinajstić information content (AvgIpc) is 2.45.